The van der Waals surface area contributed by atoms with Gasteiger partial charge in [0.05, 0.1) is 5.70 Å². The quantitative estimate of drug-likeness (QED) is 0.117. The third-order valence-electron chi connectivity index (χ3n) is 10.4. The normalized spacial score (nSPS) is 12.0. The highest BCUT2D eigenvalue weighted by atomic mass is 14.9. The molecule has 0 atom stereocenters. The lowest BCUT2D eigenvalue weighted by Crippen LogP contribution is -2.06. The van der Waals surface area contributed by atoms with Crippen molar-refractivity contribution in [2.24, 2.45) is 9.98 Å². The molecule has 0 aliphatic heterocycles. The van der Waals surface area contributed by atoms with Gasteiger partial charge in [-0.2, -0.15) is 0 Å². The molecular weight excluding hydrogens is 665 g/mol. The molecule has 0 saturated heterocycles. The maximum Gasteiger partial charge on any atom is 0.160 e. The summed E-state index contributed by atoms with van der Waals surface area (Å²) < 4.78 is 0. The molecule has 2 heteroatoms. The Morgan fingerprint density at radius 1 is 0.382 bits per heavy atom. The molecule has 260 valence electrons. The van der Waals surface area contributed by atoms with Crippen LogP contribution in [-0.4, -0.2) is 11.5 Å². The standard InChI is InChI=1S/C53H38N2/c1-36(38-13-4-3-5-14-38)54-53(55-37(2)39-23-26-42(27-24-39)50-22-12-18-41-16-8-9-19-49(41)50)52-21-11-10-20-51(52)48-32-31-46-34-45(29-30-47(46)35-48)44-28-25-40-15-6-7-17-43(40)33-44/h3-35H,1H2,2H3/b54-53-,55-37+. The molecule has 0 fully saturated rings. The Morgan fingerprint density at radius 2 is 0.909 bits per heavy atom. The molecule has 0 aromatic heterocycles. The van der Waals surface area contributed by atoms with Gasteiger partial charge < -0.3 is 0 Å². The van der Waals surface area contributed by atoms with Crippen LogP contribution in [0.3, 0.4) is 0 Å². The number of amidine groups is 1. The van der Waals surface area contributed by atoms with E-state index in [1.54, 1.807) is 0 Å². The largest absolute Gasteiger partial charge is 0.233 e. The summed E-state index contributed by atoms with van der Waals surface area (Å²) in [6.45, 7) is 6.43. The summed E-state index contributed by atoms with van der Waals surface area (Å²) >= 11 is 0. The van der Waals surface area contributed by atoms with Crippen LogP contribution in [0.2, 0.25) is 0 Å². The Balaban J connectivity index is 1.09. The number of rotatable bonds is 7. The SMILES string of the molecule is C=C(/N=C(\N=C(/C)c1ccc(-c2cccc3ccccc23)cc1)c1ccccc1-c1ccc2cc(-c3ccc4ccccc4c3)ccc2c1)c1ccccc1. The summed E-state index contributed by atoms with van der Waals surface area (Å²) in [5.74, 6) is 0.617. The van der Waals surface area contributed by atoms with Crippen molar-refractivity contribution in [3.8, 4) is 33.4 Å². The van der Waals surface area contributed by atoms with E-state index in [1.165, 1.54) is 54.6 Å². The van der Waals surface area contributed by atoms with Gasteiger partial charge in [0.2, 0.25) is 0 Å². The van der Waals surface area contributed by atoms with Crippen molar-refractivity contribution in [1.82, 2.24) is 0 Å². The van der Waals surface area contributed by atoms with Crippen molar-refractivity contribution >= 4 is 49.6 Å². The molecule has 9 aromatic carbocycles. The van der Waals surface area contributed by atoms with Crippen LogP contribution in [0, 0.1) is 0 Å². The third kappa shape index (κ3) is 6.90. The van der Waals surface area contributed by atoms with Gasteiger partial charge in [-0.05, 0) is 102 Å². The van der Waals surface area contributed by atoms with Crippen LogP contribution < -0.4 is 0 Å². The van der Waals surface area contributed by atoms with E-state index in [0.717, 1.165) is 33.5 Å². The second-order valence-corrected chi connectivity index (χ2v) is 13.9. The molecule has 0 unspecified atom stereocenters. The van der Waals surface area contributed by atoms with Crippen LogP contribution in [0.5, 0.6) is 0 Å². The second kappa shape index (κ2) is 14.7. The van der Waals surface area contributed by atoms with Gasteiger partial charge in [-0.15, -0.1) is 0 Å². The Bertz CT molecular complexity index is 2930. The van der Waals surface area contributed by atoms with Gasteiger partial charge in [0.25, 0.3) is 0 Å². The summed E-state index contributed by atoms with van der Waals surface area (Å²) in [6.07, 6.45) is 0. The maximum atomic E-state index is 5.26. The topological polar surface area (TPSA) is 24.7 Å². The first kappa shape index (κ1) is 33.7. The van der Waals surface area contributed by atoms with Crippen LogP contribution in [0.1, 0.15) is 23.6 Å². The van der Waals surface area contributed by atoms with Crippen LogP contribution >= 0.6 is 0 Å². The summed E-state index contributed by atoms with van der Waals surface area (Å²) in [5, 5.41) is 7.34. The van der Waals surface area contributed by atoms with Crippen molar-refractivity contribution in [1.29, 1.82) is 0 Å². The molecule has 55 heavy (non-hydrogen) atoms. The third-order valence-corrected chi connectivity index (χ3v) is 10.4. The zero-order valence-electron chi connectivity index (χ0n) is 30.7. The molecule has 0 aliphatic carbocycles. The first-order valence-electron chi connectivity index (χ1n) is 18.7. The molecule has 0 heterocycles. The zero-order valence-corrected chi connectivity index (χ0v) is 30.7. The van der Waals surface area contributed by atoms with Crippen molar-refractivity contribution in [3.05, 3.63) is 223 Å². The number of benzene rings is 9. The van der Waals surface area contributed by atoms with E-state index in [0.29, 0.717) is 11.5 Å². The Kier molecular flexibility index (Phi) is 8.99. The smallest absolute Gasteiger partial charge is 0.160 e. The van der Waals surface area contributed by atoms with Crippen LogP contribution in [0.15, 0.2) is 217 Å². The van der Waals surface area contributed by atoms with E-state index in [4.69, 9.17) is 9.98 Å². The van der Waals surface area contributed by atoms with Crippen LogP contribution in [0.4, 0.5) is 0 Å². The van der Waals surface area contributed by atoms with Crippen molar-refractivity contribution in [3.63, 3.8) is 0 Å². The van der Waals surface area contributed by atoms with Gasteiger partial charge in [-0.3, -0.25) is 0 Å². The fourth-order valence-corrected chi connectivity index (χ4v) is 7.45. The first-order chi connectivity index (χ1) is 27.1. The molecule has 0 spiro atoms. The fraction of sp³-hybridized carbons (Fsp3) is 0.0189. The lowest BCUT2D eigenvalue weighted by atomic mass is 9.94. The van der Waals surface area contributed by atoms with E-state index in [1.807, 2.05) is 30.3 Å². The van der Waals surface area contributed by atoms with Crippen molar-refractivity contribution in [2.75, 3.05) is 0 Å². The monoisotopic (exact) mass is 702 g/mol. The molecule has 0 radical (unpaired) electrons. The zero-order chi connectivity index (χ0) is 37.1. The highest BCUT2D eigenvalue weighted by molar-refractivity contribution is 6.15. The molecular formula is C53H38N2. The molecule has 0 saturated carbocycles. The average molecular weight is 703 g/mol. The Hall–Kier alpha value is -7.16. The molecule has 0 amide bonds. The maximum absolute atomic E-state index is 5.26. The number of fused-ring (bicyclic) bond motifs is 3. The Labute approximate surface area is 322 Å². The summed E-state index contributed by atoms with van der Waals surface area (Å²) in [6, 6.07) is 70.8. The number of aliphatic imine (C=N–C) groups is 2. The second-order valence-electron chi connectivity index (χ2n) is 13.9. The lowest BCUT2D eigenvalue weighted by Gasteiger charge is -2.13. The molecule has 2 nitrogen and oxygen atoms in total. The Morgan fingerprint density at radius 3 is 1.67 bits per heavy atom. The van der Waals surface area contributed by atoms with Gasteiger partial charge in [-0.1, -0.05) is 189 Å². The highest BCUT2D eigenvalue weighted by Gasteiger charge is 2.14. The number of hydrogen-bond donors (Lipinski definition) is 0. The van der Waals surface area contributed by atoms with Gasteiger partial charge in [0, 0.05) is 11.3 Å². The summed E-state index contributed by atoms with van der Waals surface area (Å²) in [5.41, 5.74) is 11.4. The van der Waals surface area contributed by atoms with Gasteiger partial charge in [0.1, 0.15) is 0 Å². The van der Waals surface area contributed by atoms with Crippen molar-refractivity contribution in [2.45, 2.75) is 6.92 Å². The van der Waals surface area contributed by atoms with E-state index < -0.39 is 0 Å². The molecule has 0 N–H and O–H groups in total. The molecule has 9 aromatic rings. The minimum atomic E-state index is 0.617. The molecule has 0 bridgehead atoms. The lowest BCUT2D eigenvalue weighted by molar-refractivity contribution is 1.44. The van der Waals surface area contributed by atoms with E-state index in [9.17, 15) is 0 Å². The first-order valence-corrected chi connectivity index (χ1v) is 18.7. The van der Waals surface area contributed by atoms with Crippen molar-refractivity contribution < 1.29 is 0 Å². The fourth-order valence-electron chi connectivity index (χ4n) is 7.45. The number of hydrogen-bond acceptors (Lipinski definition) is 1. The minimum absolute atomic E-state index is 0.617. The predicted molar refractivity (Wildman–Crippen MR) is 236 cm³/mol. The van der Waals surface area contributed by atoms with Gasteiger partial charge in [-0.25, -0.2) is 9.98 Å². The van der Waals surface area contributed by atoms with Gasteiger partial charge in [0.15, 0.2) is 5.84 Å². The highest BCUT2D eigenvalue weighted by Crippen LogP contribution is 2.33. The van der Waals surface area contributed by atoms with Gasteiger partial charge >= 0.3 is 0 Å². The predicted octanol–water partition coefficient (Wildman–Crippen LogP) is 14.1. The summed E-state index contributed by atoms with van der Waals surface area (Å²) in [7, 11) is 0. The van der Waals surface area contributed by atoms with E-state index in [-0.39, 0.29) is 0 Å². The van der Waals surface area contributed by atoms with E-state index in [2.05, 4.69) is 183 Å². The minimum Gasteiger partial charge on any atom is -0.233 e. The molecule has 9 rings (SSSR count). The van der Waals surface area contributed by atoms with Crippen LogP contribution in [-0.2, 0) is 0 Å². The van der Waals surface area contributed by atoms with E-state index >= 15 is 0 Å². The average Bonchev–Trinajstić information content (AvgIpc) is 3.25. The molecule has 0 aliphatic rings. The summed E-state index contributed by atoms with van der Waals surface area (Å²) in [4.78, 5) is 10.4. The van der Waals surface area contributed by atoms with Crippen LogP contribution in [0.25, 0.3) is 71.4 Å². The number of nitrogens with zero attached hydrogens (tertiary/aromatic N) is 2.